The number of nitrogens with zero attached hydrogens (tertiary/aromatic N) is 2. The Hall–Kier alpha value is -3.09. The summed E-state index contributed by atoms with van der Waals surface area (Å²) < 4.78 is 5.25. The summed E-state index contributed by atoms with van der Waals surface area (Å²) in [5.74, 6) is 0.284. The lowest BCUT2D eigenvalue weighted by Crippen LogP contribution is -2.38. The van der Waals surface area contributed by atoms with Gasteiger partial charge < -0.3 is 14.3 Å². The number of rotatable bonds is 2. The number of H-pyrrole nitrogens is 2. The van der Waals surface area contributed by atoms with E-state index in [2.05, 4.69) is 15.2 Å². The molecule has 0 aromatic carbocycles. The van der Waals surface area contributed by atoms with Gasteiger partial charge >= 0.3 is 0 Å². The molecular weight excluding hydrogens is 296 g/mol. The van der Waals surface area contributed by atoms with E-state index >= 15 is 0 Å². The number of carbonyl (C=O) groups excluding carboxylic acids is 1. The summed E-state index contributed by atoms with van der Waals surface area (Å²) >= 11 is 0. The first-order valence-electron chi connectivity index (χ1n) is 7.30. The van der Waals surface area contributed by atoms with Crippen LogP contribution in [0.5, 0.6) is 0 Å². The molecule has 0 fully saturated rings. The molecule has 0 saturated carbocycles. The molecular formula is C16H14N4O3. The van der Waals surface area contributed by atoms with Crippen LogP contribution >= 0.6 is 0 Å². The highest BCUT2D eigenvalue weighted by atomic mass is 16.3. The highest BCUT2D eigenvalue weighted by Gasteiger charge is 2.24. The summed E-state index contributed by atoms with van der Waals surface area (Å²) in [6, 6.07) is 6.71. The van der Waals surface area contributed by atoms with Gasteiger partial charge in [-0.1, -0.05) is 0 Å². The Kier molecular flexibility index (Phi) is 3.11. The van der Waals surface area contributed by atoms with Crippen molar-refractivity contribution in [2.24, 2.45) is 0 Å². The van der Waals surface area contributed by atoms with E-state index in [1.165, 1.54) is 6.26 Å². The molecule has 0 atom stereocenters. The summed E-state index contributed by atoms with van der Waals surface area (Å²) in [6.45, 7) is 1.03. The molecule has 0 spiro atoms. The quantitative estimate of drug-likeness (QED) is 0.751. The number of amides is 1. The Morgan fingerprint density at radius 1 is 1.30 bits per heavy atom. The SMILES string of the molecule is O=C(c1ccc(-c2ccco2)[nH]c1=O)N1CCc2[nH]ncc2C1. The van der Waals surface area contributed by atoms with E-state index in [4.69, 9.17) is 4.42 Å². The Balaban J connectivity index is 1.61. The molecule has 1 amide bonds. The minimum atomic E-state index is -0.415. The maximum atomic E-state index is 12.6. The Bertz CT molecular complexity index is 908. The first-order valence-corrected chi connectivity index (χ1v) is 7.30. The van der Waals surface area contributed by atoms with Gasteiger partial charge in [0, 0.05) is 30.8 Å². The molecule has 0 saturated heterocycles. The van der Waals surface area contributed by atoms with E-state index in [-0.39, 0.29) is 11.5 Å². The molecule has 0 bridgehead atoms. The average molecular weight is 310 g/mol. The van der Waals surface area contributed by atoms with Crippen molar-refractivity contribution in [3.8, 4) is 11.5 Å². The molecule has 3 aromatic rings. The number of aromatic nitrogens is 3. The van der Waals surface area contributed by atoms with Crippen molar-refractivity contribution in [1.82, 2.24) is 20.1 Å². The van der Waals surface area contributed by atoms with Crippen molar-refractivity contribution < 1.29 is 9.21 Å². The molecule has 7 nitrogen and oxygen atoms in total. The molecule has 2 N–H and O–H groups in total. The van der Waals surface area contributed by atoms with Crippen molar-refractivity contribution in [2.75, 3.05) is 6.54 Å². The lowest BCUT2D eigenvalue weighted by molar-refractivity contribution is 0.0732. The summed E-state index contributed by atoms with van der Waals surface area (Å²) in [4.78, 5) is 29.2. The van der Waals surface area contributed by atoms with Crippen LogP contribution in [-0.2, 0) is 13.0 Å². The Labute approximate surface area is 130 Å². The summed E-state index contributed by atoms with van der Waals surface area (Å²) in [5, 5.41) is 6.91. The average Bonchev–Trinajstić information content (AvgIpc) is 3.24. The highest BCUT2D eigenvalue weighted by molar-refractivity contribution is 5.94. The minimum Gasteiger partial charge on any atom is -0.463 e. The summed E-state index contributed by atoms with van der Waals surface area (Å²) in [6.07, 6.45) is 3.96. The fourth-order valence-electron chi connectivity index (χ4n) is 2.78. The number of hydrogen-bond acceptors (Lipinski definition) is 4. The molecule has 4 heterocycles. The first kappa shape index (κ1) is 13.6. The van der Waals surface area contributed by atoms with Crippen molar-refractivity contribution >= 4 is 5.91 Å². The predicted molar refractivity (Wildman–Crippen MR) is 81.8 cm³/mol. The molecule has 1 aliphatic heterocycles. The Morgan fingerprint density at radius 3 is 3.00 bits per heavy atom. The lowest BCUT2D eigenvalue weighted by Gasteiger charge is -2.26. The molecule has 0 radical (unpaired) electrons. The van der Waals surface area contributed by atoms with Crippen LogP contribution in [0.1, 0.15) is 21.6 Å². The van der Waals surface area contributed by atoms with Gasteiger partial charge in [0.05, 0.1) is 18.2 Å². The molecule has 0 unspecified atom stereocenters. The van der Waals surface area contributed by atoms with Crippen LogP contribution < -0.4 is 5.56 Å². The van der Waals surface area contributed by atoms with E-state index in [1.807, 2.05) is 0 Å². The number of aromatic amines is 2. The number of pyridine rings is 1. The van der Waals surface area contributed by atoms with Gasteiger partial charge in [0.1, 0.15) is 11.3 Å². The van der Waals surface area contributed by atoms with Gasteiger partial charge in [-0.15, -0.1) is 0 Å². The van der Waals surface area contributed by atoms with Crippen LogP contribution in [0, 0.1) is 0 Å². The second kappa shape index (κ2) is 5.28. The molecule has 116 valence electrons. The van der Waals surface area contributed by atoms with Crippen LogP contribution in [0.25, 0.3) is 11.5 Å². The topological polar surface area (TPSA) is 95.0 Å². The second-order valence-corrected chi connectivity index (χ2v) is 5.44. The van der Waals surface area contributed by atoms with E-state index < -0.39 is 5.56 Å². The maximum absolute atomic E-state index is 12.6. The van der Waals surface area contributed by atoms with Gasteiger partial charge in [0.25, 0.3) is 11.5 Å². The van der Waals surface area contributed by atoms with E-state index in [0.29, 0.717) is 31.0 Å². The highest BCUT2D eigenvalue weighted by Crippen LogP contribution is 2.19. The van der Waals surface area contributed by atoms with Crippen molar-refractivity contribution in [3.63, 3.8) is 0 Å². The largest absolute Gasteiger partial charge is 0.463 e. The fraction of sp³-hybridized carbons (Fsp3) is 0.188. The van der Waals surface area contributed by atoms with Gasteiger partial charge in [0.15, 0.2) is 0 Å². The van der Waals surface area contributed by atoms with Gasteiger partial charge in [0.2, 0.25) is 0 Å². The molecule has 4 rings (SSSR count). The lowest BCUT2D eigenvalue weighted by atomic mass is 10.1. The molecule has 7 heteroatoms. The van der Waals surface area contributed by atoms with Gasteiger partial charge in [-0.3, -0.25) is 14.7 Å². The number of nitrogens with one attached hydrogen (secondary N) is 2. The van der Waals surface area contributed by atoms with Crippen LogP contribution in [0.3, 0.4) is 0 Å². The minimum absolute atomic E-state index is 0.132. The van der Waals surface area contributed by atoms with Crippen LogP contribution in [0.4, 0.5) is 0 Å². The fourth-order valence-corrected chi connectivity index (χ4v) is 2.78. The van der Waals surface area contributed by atoms with E-state index in [1.54, 1.807) is 35.4 Å². The zero-order valence-electron chi connectivity index (χ0n) is 12.2. The first-order chi connectivity index (χ1) is 11.2. The molecule has 1 aliphatic rings. The molecule has 23 heavy (non-hydrogen) atoms. The van der Waals surface area contributed by atoms with Gasteiger partial charge in [-0.25, -0.2) is 0 Å². The Morgan fingerprint density at radius 2 is 2.22 bits per heavy atom. The smallest absolute Gasteiger partial charge is 0.261 e. The number of carbonyl (C=O) groups is 1. The zero-order chi connectivity index (χ0) is 15.8. The second-order valence-electron chi connectivity index (χ2n) is 5.44. The zero-order valence-corrected chi connectivity index (χ0v) is 12.2. The van der Waals surface area contributed by atoms with Crippen molar-refractivity contribution in [3.05, 3.63) is 63.9 Å². The normalized spacial score (nSPS) is 13.8. The monoisotopic (exact) mass is 310 g/mol. The predicted octanol–water partition coefficient (Wildman–Crippen LogP) is 1.56. The maximum Gasteiger partial charge on any atom is 0.261 e. The number of hydrogen-bond donors (Lipinski definition) is 2. The van der Waals surface area contributed by atoms with Crippen LogP contribution in [-0.4, -0.2) is 32.5 Å². The van der Waals surface area contributed by atoms with Gasteiger partial charge in [-0.2, -0.15) is 5.10 Å². The van der Waals surface area contributed by atoms with Crippen LogP contribution in [0.2, 0.25) is 0 Å². The summed E-state index contributed by atoms with van der Waals surface area (Å²) in [7, 11) is 0. The van der Waals surface area contributed by atoms with Gasteiger partial charge in [-0.05, 0) is 24.3 Å². The summed E-state index contributed by atoms with van der Waals surface area (Å²) in [5.41, 5.74) is 2.31. The van der Waals surface area contributed by atoms with E-state index in [9.17, 15) is 9.59 Å². The van der Waals surface area contributed by atoms with Crippen molar-refractivity contribution in [1.29, 1.82) is 0 Å². The third-order valence-electron chi connectivity index (χ3n) is 4.01. The molecule has 0 aliphatic carbocycles. The third-order valence-corrected chi connectivity index (χ3v) is 4.01. The van der Waals surface area contributed by atoms with E-state index in [0.717, 1.165) is 11.3 Å². The number of furan rings is 1. The molecule has 3 aromatic heterocycles. The standard InChI is InChI=1S/C16H14N4O3/c21-15-11(3-4-13(18-15)14-2-1-7-23-14)16(22)20-6-5-12-10(9-20)8-17-19-12/h1-4,7-8H,5-6,9H2,(H,17,19)(H,18,21). The number of fused-ring (bicyclic) bond motifs is 1. The van der Waals surface area contributed by atoms with Crippen molar-refractivity contribution in [2.45, 2.75) is 13.0 Å². The third kappa shape index (κ3) is 2.36. The van der Waals surface area contributed by atoms with Crippen LogP contribution in [0.15, 0.2) is 45.9 Å².